The van der Waals surface area contributed by atoms with E-state index >= 15 is 0 Å². The van der Waals surface area contributed by atoms with E-state index in [-0.39, 0.29) is 11.6 Å². The molecule has 0 aliphatic carbocycles. The molecule has 1 fully saturated rings. The maximum atomic E-state index is 13.3. The summed E-state index contributed by atoms with van der Waals surface area (Å²) >= 11 is 5.59. The molecule has 0 bridgehead atoms. The summed E-state index contributed by atoms with van der Waals surface area (Å²) in [4.78, 5) is 6.02. The number of guanidine groups is 1. The number of rotatable bonds is 3. The summed E-state index contributed by atoms with van der Waals surface area (Å²) in [6.45, 7) is 2.66. The molecule has 1 aliphatic heterocycles. The molecule has 1 atom stereocenters. The lowest BCUT2D eigenvalue weighted by Crippen LogP contribution is -2.45. The van der Waals surface area contributed by atoms with Crippen molar-refractivity contribution < 1.29 is 14.2 Å². The number of aliphatic hydroxyl groups excluding tert-OH is 1. The van der Waals surface area contributed by atoms with Gasteiger partial charge < -0.3 is 20.5 Å². The number of nitrogens with zero attached hydrogens (tertiary/aromatic N) is 2. The Morgan fingerprint density at radius 3 is 2.85 bits per heavy atom. The number of halogens is 2. The van der Waals surface area contributed by atoms with Crippen LogP contribution in [0.5, 0.6) is 0 Å². The standard InChI is InChI=1S/C13H17ClFN3O2/c14-10-2-1-9(7-11(10)15)12(19)8-17-13(16)18-3-5-20-6-4-18/h1-2,7,12,19H,3-6,8H2,(H2,16,17). The first-order valence-corrected chi connectivity index (χ1v) is 6.71. The third-order valence-corrected chi connectivity index (χ3v) is 3.40. The summed E-state index contributed by atoms with van der Waals surface area (Å²) in [7, 11) is 0. The second-order valence-corrected chi connectivity index (χ2v) is 4.89. The molecule has 1 heterocycles. The molecule has 0 saturated carbocycles. The van der Waals surface area contributed by atoms with Crippen molar-refractivity contribution >= 4 is 17.6 Å². The van der Waals surface area contributed by atoms with Gasteiger partial charge in [-0.05, 0) is 17.7 Å². The van der Waals surface area contributed by atoms with Crippen LogP contribution in [0.15, 0.2) is 23.2 Å². The van der Waals surface area contributed by atoms with E-state index in [2.05, 4.69) is 4.99 Å². The van der Waals surface area contributed by atoms with E-state index in [0.717, 1.165) is 0 Å². The van der Waals surface area contributed by atoms with Gasteiger partial charge in [0.2, 0.25) is 0 Å². The minimum Gasteiger partial charge on any atom is -0.386 e. The highest BCUT2D eigenvalue weighted by atomic mass is 35.5. The second kappa shape index (κ2) is 6.88. The molecule has 3 N–H and O–H groups in total. The first kappa shape index (κ1) is 15.0. The number of aliphatic imine (C=N–C) groups is 1. The summed E-state index contributed by atoms with van der Waals surface area (Å²) in [5.41, 5.74) is 6.26. The Labute approximate surface area is 121 Å². The summed E-state index contributed by atoms with van der Waals surface area (Å²) in [6, 6.07) is 4.18. The second-order valence-electron chi connectivity index (χ2n) is 4.49. The van der Waals surface area contributed by atoms with Crippen LogP contribution in [0.25, 0.3) is 0 Å². The van der Waals surface area contributed by atoms with Crippen LogP contribution in [-0.2, 0) is 4.74 Å². The van der Waals surface area contributed by atoms with E-state index in [9.17, 15) is 9.50 Å². The first-order valence-electron chi connectivity index (χ1n) is 6.33. The van der Waals surface area contributed by atoms with Crippen molar-refractivity contribution in [3.05, 3.63) is 34.6 Å². The molecule has 1 saturated heterocycles. The van der Waals surface area contributed by atoms with Gasteiger partial charge in [-0.25, -0.2) is 4.39 Å². The van der Waals surface area contributed by atoms with Crippen LogP contribution in [-0.4, -0.2) is 48.8 Å². The van der Waals surface area contributed by atoms with E-state index in [1.807, 2.05) is 4.90 Å². The fourth-order valence-corrected chi connectivity index (χ4v) is 2.02. The third kappa shape index (κ3) is 3.82. The molecule has 0 spiro atoms. The number of aliphatic hydroxyl groups is 1. The topological polar surface area (TPSA) is 71.1 Å². The van der Waals surface area contributed by atoms with Crippen LogP contribution < -0.4 is 5.73 Å². The zero-order valence-electron chi connectivity index (χ0n) is 10.9. The lowest BCUT2D eigenvalue weighted by molar-refractivity contribution is 0.0672. The number of nitrogens with two attached hydrogens (primary N) is 1. The molecule has 0 aromatic heterocycles. The molecule has 1 aromatic rings. The van der Waals surface area contributed by atoms with E-state index in [4.69, 9.17) is 22.1 Å². The molecular formula is C13H17ClFN3O2. The van der Waals surface area contributed by atoms with E-state index < -0.39 is 11.9 Å². The van der Waals surface area contributed by atoms with E-state index in [0.29, 0.717) is 37.8 Å². The van der Waals surface area contributed by atoms with Gasteiger partial charge in [-0.3, -0.25) is 4.99 Å². The van der Waals surface area contributed by atoms with Gasteiger partial charge in [-0.2, -0.15) is 0 Å². The summed E-state index contributed by atoms with van der Waals surface area (Å²) in [5, 5.41) is 9.99. The molecule has 1 aromatic carbocycles. The largest absolute Gasteiger partial charge is 0.386 e. The molecule has 1 aliphatic rings. The number of hydrogen-bond donors (Lipinski definition) is 2. The molecule has 5 nitrogen and oxygen atoms in total. The first-order chi connectivity index (χ1) is 9.58. The highest BCUT2D eigenvalue weighted by Crippen LogP contribution is 2.20. The van der Waals surface area contributed by atoms with Gasteiger partial charge in [-0.15, -0.1) is 0 Å². The van der Waals surface area contributed by atoms with Gasteiger partial charge in [0.05, 0.1) is 30.9 Å². The predicted octanol–water partition coefficient (Wildman–Crippen LogP) is 1.16. The predicted molar refractivity (Wildman–Crippen MR) is 75.3 cm³/mol. The SMILES string of the molecule is NC(=NCC(O)c1ccc(Cl)c(F)c1)N1CCOCC1. The van der Waals surface area contributed by atoms with Crippen molar-refractivity contribution in [3.63, 3.8) is 0 Å². The maximum absolute atomic E-state index is 13.3. The van der Waals surface area contributed by atoms with Gasteiger partial charge in [0.15, 0.2) is 5.96 Å². The Balaban J connectivity index is 1.96. The quantitative estimate of drug-likeness (QED) is 0.649. The van der Waals surface area contributed by atoms with E-state index in [1.165, 1.54) is 12.1 Å². The van der Waals surface area contributed by atoms with Crippen molar-refractivity contribution in [2.24, 2.45) is 10.7 Å². The van der Waals surface area contributed by atoms with Gasteiger partial charge in [-0.1, -0.05) is 17.7 Å². The molecule has 0 radical (unpaired) electrons. The normalized spacial score (nSPS) is 18.1. The molecule has 1 unspecified atom stereocenters. The lowest BCUT2D eigenvalue weighted by atomic mass is 10.1. The zero-order valence-corrected chi connectivity index (χ0v) is 11.7. The molecule has 2 rings (SSSR count). The molecule has 20 heavy (non-hydrogen) atoms. The van der Waals surface area contributed by atoms with Crippen molar-refractivity contribution in [2.75, 3.05) is 32.8 Å². The average Bonchev–Trinajstić information content (AvgIpc) is 2.48. The number of morpholine rings is 1. The maximum Gasteiger partial charge on any atom is 0.191 e. The van der Waals surface area contributed by atoms with Crippen molar-refractivity contribution in [1.82, 2.24) is 4.90 Å². The van der Waals surface area contributed by atoms with Crippen molar-refractivity contribution in [1.29, 1.82) is 0 Å². The Hall–Kier alpha value is -1.37. The zero-order chi connectivity index (χ0) is 14.5. The Morgan fingerprint density at radius 1 is 1.50 bits per heavy atom. The van der Waals surface area contributed by atoms with Crippen molar-refractivity contribution in [3.8, 4) is 0 Å². The monoisotopic (exact) mass is 301 g/mol. The van der Waals surface area contributed by atoms with Crippen LogP contribution in [0.3, 0.4) is 0 Å². The summed E-state index contributed by atoms with van der Waals surface area (Å²) < 4.78 is 18.5. The van der Waals surface area contributed by atoms with Crippen molar-refractivity contribution in [2.45, 2.75) is 6.10 Å². The van der Waals surface area contributed by atoms with Gasteiger partial charge >= 0.3 is 0 Å². The van der Waals surface area contributed by atoms with Gasteiger partial charge in [0.1, 0.15) is 5.82 Å². The smallest absolute Gasteiger partial charge is 0.191 e. The third-order valence-electron chi connectivity index (χ3n) is 3.09. The minimum absolute atomic E-state index is 0.0253. The summed E-state index contributed by atoms with van der Waals surface area (Å²) in [5.74, 6) is -0.199. The molecule has 7 heteroatoms. The van der Waals surface area contributed by atoms with Crippen LogP contribution in [0, 0.1) is 5.82 Å². The van der Waals surface area contributed by atoms with Gasteiger partial charge in [0, 0.05) is 13.1 Å². The van der Waals surface area contributed by atoms with Crippen LogP contribution >= 0.6 is 11.6 Å². The van der Waals surface area contributed by atoms with Crippen LogP contribution in [0.1, 0.15) is 11.7 Å². The fourth-order valence-electron chi connectivity index (χ4n) is 1.90. The molecular weight excluding hydrogens is 285 g/mol. The fraction of sp³-hybridized carbons (Fsp3) is 0.462. The Kier molecular flexibility index (Phi) is 5.17. The molecule has 110 valence electrons. The minimum atomic E-state index is -0.915. The lowest BCUT2D eigenvalue weighted by Gasteiger charge is -2.27. The summed E-state index contributed by atoms with van der Waals surface area (Å²) in [6.07, 6.45) is -0.915. The number of ether oxygens (including phenoxy) is 1. The van der Waals surface area contributed by atoms with Crippen LogP contribution in [0.2, 0.25) is 5.02 Å². The molecule has 0 amide bonds. The number of hydrogen-bond acceptors (Lipinski definition) is 3. The van der Waals surface area contributed by atoms with Crippen LogP contribution in [0.4, 0.5) is 4.39 Å². The number of benzene rings is 1. The Morgan fingerprint density at radius 2 is 2.20 bits per heavy atom. The Bertz CT molecular complexity index is 493. The van der Waals surface area contributed by atoms with Gasteiger partial charge in [0.25, 0.3) is 0 Å². The average molecular weight is 302 g/mol. The highest BCUT2D eigenvalue weighted by Gasteiger charge is 2.14. The highest BCUT2D eigenvalue weighted by molar-refractivity contribution is 6.30. The van der Waals surface area contributed by atoms with E-state index in [1.54, 1.807) is 6.07 Å².